The molecule has 15 heavy (non-hydrogen) atoms. The molecule has 0 aromatic heterocycles. The molecule has 1 aromatic carbocycles. The third kappa shape index (κ3) is 3.27. The van der Waals surface area contributed by atoms with Crippen molar-refractivity contribution in [1.82, 2.24) is 5.32 Å². The molecule has 0 aliphatic heterocycles. The highest BCUT2D eigenvalue weighted by Gasteiger charge is 2.09. The summed E-state index contributed by atoms with van der Waals surface area (Å²) in [6.07, 6.45) is 1.69. The van der Waals surface area contributed by atoms with E-state index in [0.29, 0.717) is 13.0 Å². The van der Waals surface area contributed by atoms with Crippen LogP contribution in [0.15, 0.2) is 24.3 Å². The van der Waals surface area contributed by atoms with Crippen molar-refractivity contribution in [3.8, 4) is 5.75 Å². The second-order valence-corrected chi connectivity index (χ2v) is 3.39. The third-order valence-electron chi connectivity index (χ3n) is 2.17. The molecule has 1 rings (SSSR count). The van der Waals surface area contributed by atoms with E-state index in [4.69, 9.17) is 4.74 Å². The van der Waals surface area contributed by atoms with Crippen LogP contribution in [0.25, 0.3) is 0 Å². The van der Waals surface area contributed by atoms with E-state index in [0.717, 1.165) is 17.7 Å². The van der Waals surface area contributed by atoms with Crippen LogP contribution >= 0.6 is 0 Å². The molecule has 1 atom stereocenters. The molecule has 0 unspecified atom stereocenters. The molecule has 0 aliphatic carbocycles. The van der Waals surface area contributed by atoms with Crippen LogP contribution in [0, 0.1) is 0 Å². The van der Waals surface area contributed by atoms with Gasteiger partial charge in [-0.25, -0.2) is 0 Å². The van der Waals surface area contributed by atoms with Crippen molar-refractivity contribution < 1.29 is 9.53 Å². The zero-order valence-corrected chi connectivity index (χ0v) is 9.19. The fourth-order valence-corrected chi connectivity index (χ4v) is 1.37. The molecule has 3 nitrogen and oxygen atoms in total. The van der Waals surface area contributed by atoms with Crippen LogP contribution in [0.2, 0.25) is 0 Å². The van der Waals surface area contributed by atoms with Gasteiger partial charge < -0.3 is 10.1 Å². The highest BCUT2D eigenvalue weighted by atomic mass is 16.5. The minimum atomic E-state index is -0.0180. The molecule has 0 spiro atoms. The topological polar surface area (TPSA) is 38.3 Å². The van der Waals surface area contributed by atoms with Gasteiger partial charge in [-0.15, -0.1) is 0 Å². The summed E-state index contributed by atoms with van der Waals surface area (Å²) in [7, 11) is 0. The molecule has 1 N–H and O–H groups in total. The smallest absolute Gasteiger partial charge is 0.207 e. The second kappa shape index (κ2) is 6.06. The van der Waals surface area contributed by atoms with Gasteiger partial charge in [-0.2, -0.15) is 0 Å². The van der Waals surface area contributed by atoms with Crippen molar-refractivity contribution in [3.63, 3.8) is 0 Å². The molecule has 0 radical (unpaired) electrons. The normalized spacial score (nSPS) is 11.9. The fourth-order valence-electron chi connectivity index (χ4n) is 1.37. The predicted octanol–water partition coefficient (Wildman–Crippen LogP) is 2.28. The number of benzene rings is 1. The maximum Gasteiger partial charge on any atom is 0.207 e. The minimum Gasteiger partial charge on any atom is -0.493 e. The molecule has 0 saturated heterocycles. The van der Waals surface area contributed by atoms with Gasteiger partial charge in [0.15, 0.2) is 0 Å². The quantitative estimate of drug-likeness (QED) is 0.727. The van der Waals surface area contributed by atoms with Crippen molar-refractivity contribution in [3.05, 3.63) is 29.8 Å². The maximum absolute atomic E-state index is 10.4. The van der Waals surface area contributed by atoms with Crippen LogP contribution in [0.4, 0.5) is 0 Å². The first-order chi connectivity index (χ1) is 7.29. The number of rotatable bonds is 6. The van der Waals surface area contributed by atoms with Crippen molar-refractivity contribution in [2.75, 3.05) is 6.61 Å². The van der Waals surface area contributed by atoms with Crippen LogP contribution < -0.4 is 10.1 Å². The highest BCUT2D eigenvalue weighted by Crippen LogP contribution is 2.24. The van der Waals surface area contributed by atoms with E-state index in [1.54, 1.807) is 0 Å². The van der Waals surface area contributed by atoms with Crippen molar-refractivity contribution in [1.29, 1.82) is 0 Å². The molecular formula is C12H17NO2. The number of ether oxygens (including phenoxy) is 1. The van der Waals surface area contributed by atoms with E-state index in [1.807, 2.05) is 31.2 Å². The molecule has 1 amide bonds. The van der Waals surface area contributed by atoms with Gasteiger partial charge in [0.25, 0.3) is 0 Å². The Morgan fingerprint density at radius 2 is 2.20 bits per heavy atom. The Morgan fingerprint density at radius 3 is 2.87 bits per heavy atom. The Kier molecular flexibility index (Phi) is 4.68. The first-order valence-electron chi connectivity index (χ1n) is 5.21. The summed E-state index contributed by atoms with van der Waals surface area (Å²) in [4.78, 5) is 10.4. The van der Waals surface area contributed by atoms with Gasteiger partial charge in [0.05, 0.1) is 12.6 Å². The van der Waals surface area contributed by atoms with Gasteiger partial charge in [0.1, 0.15) is 5.75 Å². The Labute approximate surface area is 90.4 Å². The Morgan fingerprint density at radius 1 is 1.47 bits per heavy atom. The van der Waals surface area contributed by atoms with Crippen molar-refractivity contribution >= 4 is 6.41 Å². The van der Waals surface area contributed by atoms with Gasteiger partial charge in [0, 0.05) is 5.56 Å². The van der Waals surface area contributed by atoms with Gasteiger partial charge in [-0.05, 0) is 19.4 Å². The van der Waals surface area contributed by atoms with E-state index in [1.165, 1.54) is 0 Å². The molecule has 3 heteroatoms. The van der Waals surface area contributed by atoms with Crippen molar-refractivity contribution in [2.45, 2.75) is 26.3 Å². The highest BCUT2D eigenvalue weighted by molar-refractivity contribution is 5.49. The average molecular weight is 207 g/mol. The summed E-state index contributed by atoms with van der Waals surface area (Å²) in [6, 6.07) is 7.75. The summed E-state index contributed by atoms with van der Waals surface area (Å²) in [5, 5.41) is 2.72. The zero-order chi connectivity index (χ0) is 11.1. The second-order valence-electron chi connectivity index (χ2n) is 3.39. The van der Waals surface area contributed by atoms with Crippen LogP contribution in [-0.2, 0) is 4.79 Å². The predicted molar refractivity (Wildman–Crippen MR) is 59.8 cm³/mol. The third-order valence-corrected chi connectivity index (χ3v) is 2.17. The van der Waals surface area contributed by atoms with Gasteiger partial charge >= 0.3 is 0 Å². The summed E-state index contributed by atoms with van der Waals surface area (Å²) < 4.78 is 5.60. The summed E-state index contributed by atoms with van der Waals surface area (Å²) in [5.41, 5.74) is 1.01. The first-order valence-corrected chi connectivity index (χ1v) is 5.21. The SMILES string of the molecule is CCCOc1ccccc1[C@@H](C)NC=O. The van der Waals surface area contributed by atoms with Crippen LogP contribution in [-0.4, -0.2) is 13.0 Å². The lowest BCUT2D eigenvalue weighted by Crippen LogP contribution is -2.17. The summed E-state index contributed by atoms with van der Waals surface area (Å²) in [6.45, 7) is 4.70. The molecule has 0 fully saturated rings. The molecule has 0 heterocycles. The number of carbonyl (C=O) groups excluding carboxylic acids is 1. The standard InChI is InChI=1S/C12H17NO2/c1-3-8-15-12-7-5-4-6-11(12)10(2)13-9-14/h4-7,9-10H,3,8H2,1-2H3,(H,13,14)/t10-/m1/s1. The van der Waals surface area contributed by atoms with Crippen molar-refractivity contribution in [2.24, 2.45) is 0 Å². The van der Waals surface area contributed by atoms with E-state index in [9.17, 15) is 4.79 Å². The molecule has 1 aromatic rings. The number of hydrogen-bond acceptors (Lipinski definition) is 2. The fraction of sp³-hybridized carbons (Fsp3) is 0.417. The minimum absolute atomic E-state index is 0.0180. The van der Waals surface area contributed by atoms with E-state index < -0.39 is 0 Å². The largest absolute Gasteiger partial charge is 0.493 e. The first kappa shape index (κ1) is 11.6. The molecule has 82 valence electrons. The average Bonchev–Trinajstić information content (AvgIpc) is 2.27. The number of para-hydroxylation sites is 1. The van der Waals surface area contributed by atoms with Gasteiger partial charge in [-0.3, -0.25) is 4.79 Å². The number of hydrogen-bond donors (Lipinski definition) is 1. The van der Waals surface area contributed by atoms with Crippen LogP contribution in [0.5, 0.6) is 5.75 Å². The monoisotopic (exact) mass is 207 g/mol. The molecule has 0 bridgehead atoms. The molecule has 0 saturated carbocycles. The number of nitrogens with one attached hydrogen (secondary N) is 1. The lowest BCUT2D eigenvalue weighted by Gasteiger charge is -2.15. The van der Waals surface area contributed by atoms with E-state index in [-0.39, 0.29) is 6.04 Å². The number of carbonyl (C=O) groups is 1. The Balaban J connectivity index is 2.80. The molecular weight excluding hydrogens is 190 g/mol. The van der Waals surface area contributed by atoms with E-state index in [2.05, 4.69) is 12.2 Å². The van der Waals surface area contributed by atoms with Crippen LogP contribution in [0.3, 0.4) is 0 Å². The van der Waals surface area contributed by atoms with Gasteiger partial charge in [-0.1, -0.05) is 25.1 Å². The van der Waals surface area contributed by atoms with E-state index >= 15 is 0 Å². The lowest BCUT2D eigenvalue weighted by atomic mass is 10.1. The van der Waals surface area contributed by atoms with Crippen LogP contribution in [0.1, 0.15) is 31.9 Å². The zero-order valence-electron chi connectivity index (χ0n) is 9.19. The lowest BCUT2D eigenvalue weighted by molar-refractivity contribution is -0.110. The number of amides is 1. The Bertz CT molecular complexity index is 312. The maximum atomic E-state index is 10.4. The Hall–Kier alpha value is -1.51. The summed E-state index contributed by atoms with van der Waals surface area (Å²) in [5.74, 6) is 0.848. The summed E-state index contributed by atoms with van der Waals surface area (Å²) >= 11 is 0. The molecule has 0 aliphatic rings. The van der Waals surface area contributed by atoms with Gasteiger partial charge in [0.2, 0.25) is 6.41 Å².